The third-order valence-corrected chi connectivity index (χ3v) is 2.73. The van der Waals surface area contributed by atoms with Gasteiger partial charge < -0.3 is 4.90 Å². The van der Waals surface area contributed by atoms with Crippen LogP contribution in [0, 0.1) is 0 Å². The fraction of sp³-hybridized carbons (Fsp3) is 0.800. The first-order valence-electron chi connectivity index (χ1n) is 2.76. The number of hydrogen-bond acceptors (Lipinski definition) is 2. The van der Waals surface area contributed by atoms with Crippen LogP contribution in [0.4, 0.5) is 0 Å². The van der Waals surface area contributed by atoms with Gasteiger partial charge in [-0.1, -0.05) is 24.0 Å². The first-order valence-corrected chi connectivity index (χ1v) is 4.15. The van der Waals surface area contributed by atoms with Gasteiger partial charge in [0.15, 0.2) is 0 Å². The Morgan fingerprint density at radius 2 is 2.62 bits per heavy atom. The SMILES string of the molecule is CCN1CCSC1=S. The largest absolute Gasteiger partial charge is 0.357 e. The molecule has 0 atom stereocenters. The number of thioether (sulfide) groups is 1. The molecule has 0 aromatic rings. The molecule has 0 N–H and O–H groups in total. The third-order valence-electron chi connectivity index (χ3n) is 1.23. The molecule has 1 rings (SSSR count). The normalized spacial score (nSPS) is 20.1. The van der Waals surface area contributed by atoms with Crippen molar-refractivity contribution in [1.82, 2.24) is 4.90 Å². The van der Waals surface area contributed by atoms with Crippen LogP contribution in [0.5, 0.6) is 0 Å². The first-order chi connectivity index (χ1) is 3.84. The number of thiocarbonyl (C=S) groups is 1. The van der Waals surface area contributed by atoms with Crippen molar-refractivity contribution in [3.63, 3.8) is 0 Å². The highest BCUT2D eigenvalue weighted by molar-refractivity contribution is 8.23. The number of hydrogen-bond donors (Lipinski definition) is 0. The summed E-state index contributed by atoms with van der Waals surface area (Å²) < 4.78 is 1.08. The van der Waals surface area contributed by atoms with Crippen LogP contribution < -0.4 is 0 Å². The molecular weight excluding hydrogens is 138 g/mol. The Morgan fingerprint density at radius 1 is 1.88 bits per heavy atom. The topological polar surface area (TPSA) is 3.24 Å². The summed E-state index contributed by atoms with van der Waals surface area (Å²) >= 11 is 6.82. The molecule has 0 radical (unpaired) electrons. The van der Waals surface area contributed by atoms with Crippen molar-refractivity contribution in [2.24, 2.45) is 0 Å². The molecule has 0 unspecified atom stereocenters. The molecule has 0 aromatic heterocycles. The van der Waals surface area contributed by atoms with E-state index in [1.165, 1.54) is 5.75 Å². The van der Waals surface area contributed by atoms with Crippen molar-refractivity contribution in [3.8, 4) is 0 Å². The Morgan fingerprint density at radius 3 is 2.88 bits per heavy atom. The summed E-state index contributed by atoms with van der Waals surface area (Å²) in [5.74, 6) is 1.19. The summed E-state index contributed by atoms with van der Waals surface area (Å²) in [6.45, 7) is 4.37. The van der Waals surface area contributed by atoms with E-state index in [9.17, 15) is 0 Å². The van der Waals surface area contributed by atoms with Gasteiger partial charge in [-0.25, -0.2) is 0 Å². The Kier molecular flexibility index (Phi) is 2.14. The fourth-order valence-corrected chi connectivity index (χ4v) is 2.07. The second-order valence-electron chi connectivity index (χ2n) is 1.69. The van der Waals surface area contributed by atoms with Crippen molar-refractivity contribution in [2.75, 3.05) is 18.8 Å². The summed E-state index contributed by atoms with van der Waals surface area (Å²) in [5.41, 5.74) is 0. The van der Waals surface area contributed by atoms with Crippen LogP contribution in [0.2, 0.25) is 0 Å². The van der Waals surface area contributed by atoms with Crippen molar-refractivity contribution in [1.29, 1.82) is 0 Å². The zero-order chi connectivity index (χ0) is 5.98. The van der Waals surface area contributed by atoms with Crippen LogP contribution in [0.1, 0.15) is 6.92 Å². The van der Waals surface area contributed by atoms with E-state index >= 15 is 0 Å². The minimum absolute atomic E-state index is 1.08. The Bertz CT molecular complexity index is 103. The number of nitrogens with zero attached hydrogens (tertiary/aromatic N) is 1. The second-order valence-corrected chi connectivity index (χ2v) is 3.42. The van der Waals surface area contributed by atoms with Crippen molar-refractivity contribution < 1.29 is 0 Å². The maximum absolute atomic E-state index is 5.03. The maximum Gasteiger partial charge on any atom is 0.136 e. The van der Waals surface area contributed by atoms with E-state index in [0.717, 1.165) is 17.4 Å². The molecule has 0 aliphatic carbocycles. The molecular formula is C5H9NS2. The predicted molar refractivity (Wildman–Crippen MR) is 42.3 cm³/mol. The van der Waals surface area contributed by atoms with Gasteiger partial charge in [0.25, 0.3) is 0 Å². The molecule has 0 bridgehead atoms. The smallest absolute Gasteiger partial charge is 0.136 e. The molecule has 0 spiro atoms. The van der Waals surface area contributed by atoms with E-state index in [4.69, 9.17) is 12.2 Å². The summed E-state index contributed by atoms with van der Waals surface area (Å²) in [6, 6.07) is 0. The van der Waals surface area contributed by atoms with E-state index in [-0.39, 0.29) is 0 Å². The molecule has 46 valence electrons. The molecule has 0 amide bonds. The highest BCUT2D eigenvalue weighted by atomic mass is 32.2. The standard InChI is InChI=1S/C5H9NS2/c1-2-6-3-4-8-5(6)7/h2-4H2,1H3. The maximum atomic E-state index is 5.03. The van der Waals surface area contributed by atoms with Crippen molar-refractivity contribution in [2.45, 2.75) is 6.92 Å². The molecule has 1 saturated heterocycles. The lowest BCUT2D eigenvalue weighted by Gasteiger charge is -2.11. The fourth-order valence-electron chi connectivity index (χ4n) is 0.713. The average molecular weight is 147 g/mol. The summed E-state index contributed by atoms with van der Waals surface area (Å²) in [6.07, 6.45) is 0. The second kappa shape index (κ2) is 2.69. The van der Waals surface area contributed by atoms with Gasteiger partial charge in [-0.15, -0.1) is 0 Å². The molecule has 1 aliphatic heterocycles. The van der Waals surface area contributed by atoms with Crippen molar-refractivity contribution >= 4 is 28.3 Å². The van der Waals surface area contributed by atoms with E-state index in [2.05, 4.69) is 11.8 Å². The van der Waals surface area contributed by atoms with Gasteiger partial charge in [-0.2, -0.15) is 0 Å². The lowest BCUT2D eigenvalue weighted by molar-refractivity contribution is 0.496. The highest BCUT2D eigenvalue weighted by Crippen LogP contribution is 2.16. The van der Waals surface area contributed by atoms with E-state index in [0.29, 0.717) is 0 Å². The van der Waals surface area contributed by atoms with Crippen LogP contribution in [-0.2, 0) is 0 Å². The highest BCUT2D eigenvalue weighted by Gasteiger charge is 2.13. The van der Waals surface area contributed by atoms with Crippen LogP contribution >= 0.6 is 24.0 Å². The van der Waals surface area contributed by atoms with Gasteiger partial charge >= 0.3 is 0 Å². The van der Waals surface area contributed by atoms with Crippen LogP contribution in [0.25, 0.3) is 0 Å². The van der Waals surface area contributed by atoms with Gasteiger partial charge in [-0.05, 0) is 6.92 Å². The molecule has 8 heavy (non-hydrogen) atoms. The molecule has 0 aromatic carbocycles. The monoisotopic (exact) mass is 147 g/mol. The molecule has 1 nitrogen and oxygen atoms in total. The lowest BCUT2D eigenvalue weighted by Crippen LogP contribution is -2.21. The van der Waals surface area contributed by atoms with Crippen LogP contribution in [0.3, 0.4) is 0 Å². The lowest BCUT2D eigenvalue weighted by atomic mass is 10.6. The Labute approximate surface area is 59.4 Å². The summed E-state index contributed by atoms with van der Waals surface area (Å²) in [5, 5.41) is 0. The third kappa shape index (κ3) is 1.14. The predicted octanol–water partition coefficient (Wildman–Crippen LogP) is 1.34. The Hall–Kier alpha value is 0.240. The van der Waals surface area contributed by atoms with Gasteiger partial charge in [0.1, 0.15) is 4.32 Å². The molecule has 1 fully saturated rings. The van der Waals surface area contributed by atoms with Gasteiger partial charge in [-0.3, -0.25) is 0 Å². The molecule has 1 aliphatic rings. The Balaban J connectivity index is 2.42. The van der Waals surface area contributed by atoms with Crippen LogP contribution in [-0.4, -0.2) is 28.1 Å². The minimum Gasteiger partial charge on any atom is -0.357 e. The quantitative estimate of drug-likeness (QED) is 0.515. The first kappa shape index (κ1) is 6.36. The van der Waals surface area contributed by atoms with Crippen LogP contribution in [0.15, 0.2) is 0 Å². The summed E-state index contributed by atoms with van der Waals surface area (Å²) in [4.78, 5) is 2.22. The average Bonchev–Trinajstić information content (AvgIpc) is 2.14. The minimum atomic E-state index is 1.08. The summed E-state index contributed by atoms with van der Waals surface area (Å²) in [7, 11) is 0. The molecule has 0 saturated carbocycles. The molecule has 3 heteroatoms. The zero-order valence-electron chi connectivity index (χ0n) is 4.89. The number of rotatable bonds is 1. The zero-order valence-corrected chi connectivity index (χ0v) is 6.52. The van der Waals surface area contributed by atoms with Gasteiger partial charge in [0, 0.05) is 18.8 Å². The van der Waals surface area contributed by atoms with Crippen molar-refractivity contribution in [3.05, 3.63) is 0 Å². The van der Waals surface area contributed by atoms with E-state index in [1.54, 1.807) is 11.8 Å². The van der Waals surface area contributed by atoms with E-state index < -0.39 is 0 Å². The van der Waals surface area contributed by atoms with Gasteiger partial charge in [0.05, 0.1) is 0 Å². The van der Waals surface area contributed by atoms with Gasteiger partial charge in [0.2, 0.25) is 0 Å². The molecule has 1 heterocycles. The van der Waals surface area contributed by atoms with E-state index in [1.807, 2.05) is 0 Å².